The fraction of sp³-hybridized carbons (Fsp3) is 0.744. The topological polar surface area (TPSA) is 84.3 Å². The summed E-state index contributed by atoms with van der Waals surface area (Å²) in [5, 5.41) is 14.0. The van der Waals surface area contributed by atoms with Crippen molar-refractivity contribution in [2.24, 2.45) is 11.8 Å². The second-order valence-corrected chi connectivity index (χ2v) is 15.8. The molecular weight excluding hydrogens is 600 g/mol. The molecule has 8 atom stereocenters. The van der Waals surface area contributed by atoms with E-state index in [1.54, 1.807) is 0 Å². The summed E-state index contributed by atoms with van der Waals surface area (Å²) in [4.78, 5) is 22.7. The summed E-state index contributed by atoms with van der Waals surface area (Å²) >= 11 is 0. The number of carbonyl (C=O) groups is 1. The molecule has 5 fully saturated rings. The molecule has 2 aliphatic carbocycles. The second kappa shape index (κ2) is 14.8. The van der Waals surface area contributed by atoms with Crippen molar-refractivity contribution in [2.75, 3.05) is 39.8 Å². The van der Waals surface area contributed by atoms with Gasteiger partial charge in [0.1, 0.15) is 11.4 Å². The van der Waals surface area contributed by atoms with E-state index in [-0.39, 0.29) is 36.1 Å². The minimum absolute atomic E-state index is 0.0658. The molecule has 3 saturated heterocycles. The maximum absolute atomic E-state index is 12.9. The molecule has 2 saturated carbocycles. The smallest absolute Gasteiger partial charge is 0.246 e. The van der Waals surface area contributed by atoms with Gasteiger partial charge in [-0.15, -0.1) is 0 Å². The lowest BCUT2D eigenvalue weighted by molar-refractivity contribution is -0.223. The van der Waals surface area contributed by atoms with Crippen molar-refractivity contribution in [1.29, 1.82) is 5.26 Å². The zero-order valence-electron chi connectivity index (χ0n) is 29.4. The quantitative estimate of drug-likeness (QED) is 0.319. The summed E-state index contributed by atoms with van der Waals surface area (Å²) in [5.41, 5.74) is 1.12. The molecule has 7 rings (SSSR count). The Balaban J connectivity index is 1.23. The SMILES string of the molecule is C=CC(=O)N1CCN(C2C3CC[C@@]4(CC3NC(OCC3CCCN3C)N2C2CCCCCC2)Oc2ccccc2CC4C)CC1CC#N. The maximum atomic E-state index is 12.9. The summed E-state index contributed by atoms with van der Waals surface area (Å²) < 4.78 is 14.1. The van der Waals surface area contributed by atoms with Gasteiger partial charge in [0.2, 0.25) is 5.91 Å². The van der Waals surface area contributed by atoms with Crippen molar-refractivity contribution >= 4 is 5.91 Å². The molecule has 1 spiro atoms. The van der Waals surface area contributed by atoms with E-state index in [1.165, 1.54) is 63.0 Å². The Kier molecular flexibility index (Phi) is 10.5. The Bertz CT molecular complexity index is 1330. The first-order valence-electron chi connectivity index (χ1n) is 19.1. The van der Waals surface area contributed by atoms with E-state index in [1.807, 2.05) is 4.90 Å². The fourth-order valence-electron chi connectivity index (χ4n) is 10.3. The van der Waals surface area contributed by atoms with Gasteiger partial charge in [0, 0.05) is 56.0 Å². The molecule has 1 aromatic carbocycles. The number of amides is 1. The molecule has 262 valence electrons. The van der Waals surface area contributed by atoms with E-state index in [9.17, 15) is 10.1 Å². The lowest BCUT2D eigenvalue weighted by atomic mass is 9.66. The van der Waals surface area contributed by atoms with Crippen LogP contribution in [0.5, 0.6) is 5.75 Å². The number of hydrogen-bond donors (Lipinski definition) is 1. The van der Waals surface area contributed by atoms with Crippen LogP contribution >= 0.6 is 0 Å². The maximum Gasteiger partial charge on any atom is 0.246 e. The van der Waals surface area contributed by atoms with Crippen LogP contribution in [0.1, 0.15) is 89.5 Å². The van der Waals surface area contributed by atoms with Crippen LogP contribution in [0.4, 0.5) is 0 Å². The molecule has 1 aromatic rings. The molecule has 1 amide bonds. The van der Waals surface area contributed by atoms with Crippen molar-refractivity contribution < 1.29 is 14.3 Å². The molecule has 4 heterocycles. The van der Waals surface area contributed by atoms with Crippen molar-refractivity contribution in [3.8, 4) is 11.8 Å². The summed E-state index contributed by atoms with van der Waals surface area (Å²) in [6, 6.07) is 12.0. The second-order valence-electron chi connectivity index (χ2n) is 15.8. The van der Waals surface area contributed by atoms with Gasteiger partial charge in [0.05, 0.1) is 31.3 Å². The Hall–Kier alpha value is -2.48. The van der Waals surface area contributed by atoms with E-state index in [4.69, 9.17) is 9.47 Å². The summed E-state index contributed by atoms with van der Waals surface area (Å²) in [5.74, 6) is 1.81. The van der Waals surface area contributed by atoms with Crippen LogP contribution in [-0.2, 0) is 16.0 Å². The summed E-state index contributed by atoms with van der Waals surface area (Å²) in [6.07, 6.45) is 15.8. The van der Waals surface area contributed by atoms with Gasteiger partial charge in [-0.1, -0.05) is 57.4 Å². The molecular formula is C39H58N6O3. The number of rotatable bonds is 7. The highest BCUT2D eigenvalue weighted by Crippen LogP contribution is 2.50. The molecule has 7 unspecified atom stereocenters. The predicted molar refractivity (Wildman–Crippen MR) is 187 cm³/mol. The molecule has 0 aromatic heterocycles. The first kappa shape index (κ1) is 34.0. The van der Waals surface area contributed by atoms with Gasteiger partial charge in [-0.25, -0.2) is 4.90 Å². The minimum atomic E-state index is -0.202. The molecule has 0 radical (unpaired) electrons. The first-order valence-corrected chi connectivity index (χ1v) is 19.1. The van der Waals surface area contributed by atoms with E-state index < -0.39 is 0 Å². The van der Waals surface area contributed by atoms with Crippen LogP contribution < -0.4 is 10.1 Å². The molecule has 1 N–H and O–H groups in total. The van der Waals surface area contributed by atoms with Crippen molar-refractivity contribution in [3.63, 3.8) is 0 Å². The van der Waals surface area contributed by atoms with Crippen LogP contribution in [-0.4, -0.2) is 108 Å². The summed E-state index contributed by atoms with van der Waals surface area (Å²) in [7, 11) is 2.24. The van der Waals surface area contributed by atoms with Crippen LogP contribution in [0, 0.1) is 23.2 Å². The number of likely N-dealkylation sites (tertiary alicyclic amines) is 1. The number of benzene rings is 1. The van der Waals surface area contributed by atoms with Gasteiger partial charge >= 0.3 is 0 Å². The monoisotopic (exact) mass is 658 g/mol. The third-order valence-electron chi connectivity index (χ3n) is 13.0. The lowest BCUT2D eigenvalue weighted by Gasteiger charge is -2.61. The third kappa shape index (κ3) is 6.68. The molecule has 9 nitrogen and oxygen atoms in total. The highest BCUT2D eigenvalue weighted by molar-refractivity contribution is 5.87. The number of carbonyl (C=O) groups excluding carboxylic acids is 1. The van der Waals surface area contributed by atoms with E-state index in [2.05, 4.69) is 70.9 Å². The van der Waals surface area contributed by atoms with Crippen LogP contribution in [0.3, 0.4) is 0 Å². The number of nitriles is 1. The van der Waals surface area contributed by atoms with Gasteiger partial charge in [-0.05, 0) is 76.2 Å². The van der Waals surface area contributed by atoms with Gasteiger partial charge in [0.25, 0.3) is 0 Å². The van der Waals surface area contributed by atoms with Crippen LogP contribution in [0.2, 0.25) is 0 Å². The fourth-order valence-corrected chi connectivity index (χ4v) is 10.3. The van der Waals surface area contributed by atoms with Crippen molar-refractivity contribution in [3.05, 3.63) is 42.5 Å². The number of fused-ring (bicyclic) bond motifs is 2. The third-order valence-corrected chi connectivity index (χ3v) is 13.0. The molecule has 6 aliphatic rings. The highest BCUT2D eigenvalue weighted by Gasteiger charge is 2.56. The van der Waals surface area contributed by atoms with E-state index in [0.29, 0.717) is 43.4 Å². The number of likely N-dealkylation sites (N-methyl/N-ethyl adjacent to an activating group) is 1. The Morgan fingerprint density at radius 2 is 1.92 bits per heavy atom. The molecule has 48 heavy (non-hydrogen) atoms. The zero-order valence-corrected chi connectivity index (χ0v) is 29.4. The molecule has 9 heteroatoms. The van der Waals surface area contributed by atoms with Gasteiger partial charge in [-0.3, -0.25) is 15.0 Å². The van der Waals surface area contributed by atoms with Crippen molar-refractivity contribution in [1.82, 2.24) is 24.9 Å². The first-order chi connectivity index (χ1) is 23.4. The number of nitrogens with one attached hydrogen (secondary N) is 1. The number of para-hydroxylation sites is 1. The number of ether oxygens (including phenoxy) is 2. The van der Waals surface area contributed by atoms with Crippen LogP contribution in [0.15, 0.2) is 36.9 Å². The number of hydrogen-bond acceptors (Lipinski definition) is 8. The number of nitrogens with zero attached hydrogens (tertiary/aromatic N) is 5. The van der Waals surface area contributed by atoms with Crippen LogP contribution in [0.25, 0.3) is 0 Å². The predicted octanol–water partition coefficient (Wildman–Crippen LogP) is 5.13. The average molecular weight is 659 g/mol. The average Bonchev–Trinajstić information content (AvgIpc) is 3.32. The van der Waals surface area contributed by atoms with Crippen molar-refractivity contribution in [2.45, 2.75) is 133 Å². The van der Waals surface area contributed by atoms with E-state index in [0.717, 1.165) is 51.1 Å². The van der Waals surface area contributed by atoms with Gasteiger partial charge in [0.15, 0.2) is 6.35 Å². The zero-order chi connectivity index (χ0) is 33.3. The minimum Gasteiger partial charge on any atom is -0.487 e. The Morgan fingerprint density at radius 3 is 2.67 bits per heavy atom. The molecule has 0 bridgehead atoms. The van der Waals surface area contributed by atoms with Gasteiger partial charge < -0.3 is 19.3 Å². The summed E-state index contributed by atoms with van der Waals surface area (Å²) in [6.45, 7) is 10.1. The van der Waals surface area contributed by atoms with Gasteiger partial charge in [-0.2, -0.15) is 5.26 Å². The number of piperazine rings is 1. The highest BCUT2D eigenvalue weighted by atomic mass is 16.5. The normalized spacial score (nSPS) is 36.9. The Labute approximate surface area is 288 Å². The Morgan fingerprint density at radius 1 is 1.10 bits per heavy atom. The largest absolute Gasteiger partial charge is 0.487 e. The van der Waals surface area contributed by atoms with E-state index >= 15 is 0 Å². The molecule has 4 aliphatic heterocycles. The standard InChI is InChI=1S/C39H58N6O3/c1-4-36(46)44-23-22-43(26-31(44)18-20-40)37-33-17-19-39(28(2)24-29-12-9-10-16-35(29)48-39)25-34(33)41-38(47-27-32-15-11-21-42(32)3)45(37)30-13-7-5-6-8-14-30/h4,9-10,12,16,28,30-34,37-38,41H,1,5-8,11,13-15,17-19,21-27H2,2-3H3/t28?,31?,32?,33?,34?,37?,38?,39-/m0/s1. The lowest BCUT2D eigenvalue weighted by Crippen LogP contribution is -2.76.